The minimum absolute atomic E-state index is 0.0345. The third-order valence-electron chi connectivity index (χ3n) is 6.09. The SMILES string of the molecule is CCC[C@@H](NC(=O)N1CC(NO)=NCC(Cc2cc(Cl)ccc2OC)C1=O)c1ccc(C(=O)O)c(N)c1. The highest BCUT2D eigenvalue weighted by Crippen LogP contribution is 2.28. The van der Waals surface area contributed by atoms with Gasteiger partial charge >= 0.3 is 12.0 Å². The lowest BCUT2D eigenvalue weighted by Gasteiger charge is -2.27. The number of amides is 3. The van der Waals surface area contributed by atoms with Crippen molar-refractivity contribution in [2.45, 2.75) is 32.2 Å². The molecule has 37 heavy (non-hydrogen) atoms. The number of hydrogen-bond acceptors (Lipinski definition) is 8. The Bertz CT molecular complexity index is 1200. The molecule has 6 N–H and O–H groups in total. The van der Waals surface area contributed by atoms with Crippen LogP contribution in [-0.2, 0) is 11.2 Å². The first-order valence-corrected chi connectivity index (χ1v) is 12.1. The van der Waals surface area contributed by atoms with Crippen LogP contribution >= 0.6 is 11.6 Å². The van der Waals surface area contributed by atoms with Crippen molar-refractivity contribution >= 4 is 41.0 Å². The Morgan fingerprint density at radius 1 is 1.30 bits per heavy atom. The molecule has 3 amide bonds. The summed E-state index contributed by atoms with van der Waals surface area (Å²) < 4.78 is 5.39. The molecule has 1 heterocycles. The fourth-order valence-electron chi connectivity index (χ4n) is 4.19. The summed E-state index contributed by atoms with van der Waals surface area (Å²) in [6.07, 6.45) is 1.42. The number of anilines is 1. The maximum absolute atomic E-state index is 13.5. The number of carboxylic acid groups (broad SMARTS) is 1. The molecule has 2 aromatic rings. The maximum Gasteiger partial charge on any atom is 0.337 e. The lowest BCUT2D eigenvalue weighted by Crippen LogP contribution is -2.50. The summed E-state index contributed by atoms with van der Waals surface area (Å²) in [5.41, 5.74) is 9.18. The summed E-state index contributed by atoms with van der Waals surface area (Å²) >= 11 is 6.14. The molecule has 0 radical (unpaired) electrons. The summed E-state index contributed by atoms with van der Waals surface area (Å²) in [5, 5.41) is 22.1. The molecule has 2 atom stereocenters. The number of nitrogens with two attached hydrogens (primary N) is 1. The summed E-state index contributed by atoms with van der Waals surface area (Å²) in [5.74, 6) is -1.75. The van der Waals surface area contributed by atoms with E-state index in [9.17, 15) is 24.7 Å². The zero-order valence-corrected chi connectivity index (χ0v) is 21.3. The highest BCUT2D eigenvalue weighted by molar-refractivity contribution is 6.30. The third-order valence-corrected chi connectivity index (χ3v) is 6.33. The first kappa shape index (κ1) is 27.8. The van der Waals surface area contributed by atoms with Crippen molar-refractivity contribution in [3.8, 4) is 5.75 Å². The lowest BCUT2D eigenvalue weighted by atomic mass is 9.97. The molecule has 0 spiro atoms. The van der Waals surface area contributed by atoms with Gasteiger partial charge in [-0.05, 0) is 54.3 Å². The average Bonchev–Trinajstić information content (AvgIpc) is 3.02. The Labute approximate surface area is 219 Å². The van der Waals surface area contributed by atoms with E-state index in [1.807, 2.05) is 12.4 Å². The average molecular weight is 532 g/mol. The number of hydrogen-bond donors (Lipinski definition) is 5. The molecular formula is C25H30ClN5O6. The van der Waals surface area contributed by atoms with E-state index in [1.54, 1.807) is 24.3 Å². The molecule has 0 bridgehead atoms. The number of imide groups is 1. The number of rotatable bonds is 8. The van der Waals surface area contributed by atoms with Gasteiger partial charge in [0.1, 0.15) is 11.6 Å². The molecule has 3 rings (SSSR count). The molecule has 0 saturated carbocycles. The predicted octanol–water partition coefficient (Wildman–Crippen LogP) is 3.26. The molecule has 0 saturated heterocycles. The van der Waals surface area contributed by atoms with Crippen LogP contribution in [0.2, 0.25) is 5.02 Å². The number of aliphatic imine (C=N–C) groups is 1. The quantitative estimate of drug-likeness (QED) is 0.255. The smallest absolute Gasteiger partial charge is 0.337 e. The number of aromatic carboxylic acids is 1. The molecule has 11 nitrogen and oxygen atoms in total. The van der Waals surface area contributed by atoms with E-state index >= 15 is 0 Å². The fraction of sp³-hybridized carbons (Fsp3) is 0.360. The number of hydroxylamine groups is 1. The Morgan fingerprint density at radius 2 is 2.05 bits per heavy atom. The lowest BCUT2D eigenvalue weighted by molar-refractivity contribution is -0.131. The molecule has 0 fully saturated rings. The second kappa shape index (κ2) is 12.4. The van der Waals surface area contributed by atoms with Gasteiger partial charge in [-0.15, -0.1) is 0 Å². The largest absolute Gasteiger partial charge is 0.496 e. The number of nitrogen functional groups attached to an aromatic ring is 1. The van der Waals surface area contributed by atoms with Crippen molar-refractivity contribution in [1.82, 2.24) is 15.7 Å². The van der Waals surface area contributed by atoms with Crippen LogP contribution in [0.3, 0.4) is 0 Å². The van der Waals surface area contributed by atoms with Crippen molar-refractivity contribution in [1.29, 1.82) is 0 Å². The van der Waals surface area contributed by atoms with Crippen molar-refractivity contribution in [2.24, 2.45) is 10.9 Å². The van der Waals surface area contributed by atoms with Crippen molar-refractivity contribution in [3.63, 3.8) is 0 Å². The normalized spacial score (nSPS) is 16.4. The summed E-state index contributed by atoms with van der Waals surface area (Å²) in [6, 6.07) is 8.32. The van der Waals surface area contributed by atoms with E-state index < -0.39 is 29.9 Å². The number of nitrogens with one attached hydrogen (secondary N) is 2. The van der Waals surface area contributed by atoms with Crippen LogP contribution in [0.5, 0.6) is 5.75 Å². The van der Waals surface area contributed by atoms with Crippen LogP contribution in [0.4, 0.5) is 10.5 Å². The minimum Gasteiger partial charge on any atom is -0.496 e. The Kier molecular flexibility index (Phi) is 9.31. The topological polar surface area (TPSA) is 167 Å². The van der Waals surface area contributed by atoms with E-state index in [-0.39, 0.29) is 36.6 Å². The van der Waals surface area contributed by atoms with Gasteiger partial charge in [0.05, 0.1) is 37.7 Å². The zero-order chi connectivity index (χ0) is 27.1. The molecule has 1 aliphatic heterocycles. The molecule has 1 aliphatic rings. The van der Waals surface area contributed by atoms with Gasteiger partial charge < -0.3 is 20.9 Å². The number of ether oxygens (including phenoxy) is 1. The first-order chi connectivity index (χ1) is 17.7. The van der Waals surface area contributed by atoms with Crippen molar-refractivity contribution in [3.05, 3.63) is 58.1 Å². The molecule has 0 aliphatic carbocycles. The second-order valence-electron chi connectivity index (χ2n) is 8.62. The Balaban J connectivity index is 1.86. The van der Waals surface area contributed by atoms with E-state index in [0.717, 1.165) is 4.90 Å². The molecular weight excluding hydrogens is 502 g/mol. The van der Waals surface area contributed by atoms with Crippen LogP contribution in [0.25, 0.3) is 0 Å². The molecule has 1 unspecified atom stereocenters. The number of amidine groups is 1. The van der Waals surface area contributed by atoms with E-state index in [1.165, 1.54) is 19.2 Å². The first-order valence-electron chi connectivity index (χ1n) is 11.7. The van der Waals surface area contributed by atoms with E-state index in [2.05, 4.69) is 10.3 Å². The number of carbonyl (C=O) groups is 3. The number of nitrogens with zero attached hydrogens (tertiary/aromatic N) is 2. The van der Waals surface area contributed by atoms with Gasteiger partial charge in [-0.2, -0.15) is 0 Å². The van der Waals surface area contributed by atoms with Gasteiger partial charge in [0.25, 0.3) is 0 Å². The molecule has 12 heteroatoms. The minimum atomic E-state index is -1.15. The second-order valence-corrected chi connectivity index (χ2v) is 9.06. The Hall–Kier alpha value is -3.83. The van der Waals surface area contributed by atoms with Crippen LogP contribution in [-0.4, -0.2) is 59.2 Å². The standard InChI is InChI=1S/C25H30ClN5O6/c1-3-4-20(14-5-7-18(24(33)34)19(27)11-14)29-25(35)31-13-22(30-36)28-12-16(23(31)32)9-15-10-17(26)6-8-21(15)37-2/h5-8,10-11,16,20,36H,3-4,9,12-13,27H2,1-2H3,(H,28,30)(H,29,35)(H,33,34)/t16?,20-/m1/s1. The third kappa shape index (κ3) is 6.69. The molecule has 2 aromatic carbocycles. The zero-order valence-electron chi connectivity index (χ0n) is 20.5. The highest BCUT2D eigenvalue weighted by atomic mass is 35.5. The van der Waals surface area contributed by atoms with Gasteiger partial charge in [-0.3, -0.25) is 25.4 Å². The van der Waals surface area contributed by atoms with Crippen molar-refractivity contribution in [2.75, 3.05) is 25.9 Å². The number of urea groups is 1. The van der Waals surface area contributed by atoms with E-state index in [0.29, 0.717) is 34.7 Å². The van der Waals surface area contributed by atoms with Crippen LogP contribution in [0, 0.1) is 5.92 Å². The van der Waals surface area contributed by atoms with Crippen LogP contribution < -0.4 is 21.3 Å². The number of benzene rings is 2. The monoisotopic (exact) mass is 531 g/mol. The summed E-state index contributed by atoms with van der Waals surface area (Å²) in [4.78, 5) is 43.5. The van der Waals surface area contributed by atoms with Gasteiger partial charge in [0.2, 0.25) is 5.91 Å². The Morgan fingerprint density at radius 3 is 2.68 bits per heavy atom. The van der Waals surface area contributed by atoms with Gasteiger partial charge in [-0.1, -0.05) is 31.0 Å². The van der Waals surface area contributed by atoms with Gasteiger partial charge in [-0.25, -0.2) is 9.59 Å². The van der Waals surface area contributed by atoms with Crippen LogP contribution in [0.1, 0.15) is 47.3 Å². The summed E-state index contributed by atoms with van der Waals surface area (Å²) in [7, 11) is 1.51. The maximum atomic E-state index is 13.5. The number of methoxy groups -OCH3 is 1. The molecule has 0 aromatic heterocycles. The number of carboxylic acids is 1. The number of halogens is 1. The number of carbonyl (C=O) groups excluding carboxylic acids is 2. The van der Waals surface area contributed by atoms with Crippen LogP contribution in [0.15, 0.2) is 41.4 Å². The molecule has 198 valence electrons. The van der Waals surface area contributed by atoms with Crippen molar-refractivity contribution < 1.29 is 29.4 Å². The fourth-order valence-corrected chi connectivity index (χ4v) is 4.39. The van der Waals surface area contributed by atoms with Gasteiger partial charge in [0.15, 0.2) is 0 Å². The summed E-state index contributed by atoms with van der Waals surface area (Å²) in [6.45, 7) is 1.70. The highest BCUT2D eigenvalue weighted by Gasteiger charge is 2.34. The van der Waals surface area contributed by atoms with E-state index in [4.69, 9.17) is 22.1 Å². The predicted molar refractivity (Wildman–Crippen MR) is 138 cm³/mol. The van der Waals surface area contributed by atoms with Gasteiger partial charge in [0, 0.05) is 10.7 Å².